The fourth-order valence-electron chi connectivity index (χ4n) is 4.09. The minimum absolute atomic E-state index is 0.179. The van der Waals surface area contributed by atoms with Crippen molar-refractivity contribution in [3.05, 3.63) is 74.7 Å². The highest BCUT2D eigenvalue weighted by Crippen LogP contribution is 2.29. The van der Waals surface area contributed by atoms with Crippen molar-refractivity contribution >= 4 is 16.9 Å². The number of nitrogens with one attached hydrogen (secondary N) is 1. The van der Waals surface area contributed by atoms with Crippen LogP contribution in [0.3, 0.4) is 0 Å². The second-order valence-electron chi connectivity index (χ2n) is 10.1. The van der Waals surface area contributed by atoms with Crippen molar-refractivity contribution in [2.75, 3.05) is 0 Å². The van der Waals surface area contributed by atoms with Gasteiger partial charge in [-0.1, -0.05) is 6.07 Å². The lowest BCUT2D eigenvalue weighted by molar-refractivity contribution is 0.0508. The number of benzene rings is 1. The van der Waals surface area contributed by atoms with Gasteiger partial charge in [-0.15, -0.1) is 0 Å². The van der Waals surface area contributed by atoms with Crippen molar-refractivity contribution in [1.29, 1.82) is 0 Å². The van der Waals surface area contributed by atoms with E-state index in [1.807, 2.05) is 32.0 Å². The summed E-state index contributed by atoms with van der Waals surface area (Å²) in [7, 11) is 3.26. The molecule has 0 spiro atoms. The summed E-state index contributed by atoms with van der Waals surface area (Å²) in [4.78, 5) is 46.5. The number of ether oxygens (including phenoxy) is 1. The third kappa shape index (κ3) is 5.42. The number of alkyl carbamates (subject to hydrolysis) is 1. The van der Waals surface area contributed by atoms with E-state index in [0.717, 1.165) is 11.1 Å². The molecule has 0 saturated carbocycles. The van der Waals surface area contributed by atoms with Gasteiger partial charge in [-0.3, -0.25) is 9.59 Å². The lowest BCUT2D eigenvalue weighted by atomic mass is 9.96. The molecule has 3 aromatic heterocycles. The van der Waals surface area contributed by atoms with Crippen LogP contribution < -0.4 is 16.4 Å². The number of fused-ring (bicyclic) bond motifs is 1. The minimum atomic E-state index is -0.628. The summed E-state index contributed by atoms with van der Waals surface area (Å²) in [5.41, 5.74) is 2.37. The average Bonchev–Trinajstić information content (AvgIpc) is 2.82. The Morgan fingerprint density at radius 2 is 1.65 bits per heavy atom. The number of carbonyl (C=O) groups is 1. The zero-order valence-corrected chi connectivity index (χ0v) is 22.0. The Bertz CT molecular complexity index is 1610. The molecule has 1 amide bonds. The van der Waals surface area contributed by atoms with Crippen molar-refractivity contribution in [2.45, 2.75) is 46.3 Å². The summed E-state index contributed by atoms with van der Waals surface area (Å²) < 4.78 is 8.19. The van der Waals surface area contributed by atoms with Gasteiger partial charge in [-0.25, -0.2) is 19.4 Å². The number of amides is 1. The summed E-state index contributed by atoms with van der Waals surface area (Å²) >= 11 is 0. The second kappa shape index (κ2) is 9.61. The van der Waals surface area contributed by atoms with E-state index in [2.05, 4.69) is 20.4 Å². The highest BCUT2D eigenvalue weighted by Gasteiger charge is 2.21. The van der Waals surface area contributed by atoms with Gasteiger partial charge in [-0.05, 0) is 63.3 Å². The quantitative estimate of drug-likeness (QED) is 0.452. The maximum Gasteiger partial charge on any atom is 0.408 e. The molecule has 0 fully saturated rings. The number of nitrogens with zero attached hydrogens (tertiary/aromatic N) is 5. The molecule has 1 aromatic carbocycles. The number of hydrogen-bond acceptors (Lipinski definition) is 7. The van der Waals surface area contributed by atoms with E-state index in [9.17, 15) is 14.4 Å². The lowest BCUT2D eigenvalue weighted by Gasteiger charge is -2.23. The van der Waals surface area contributed by atoms with Crippen LogP contribution in [0.15, 0.2) is 52.4 Å². The Balaban J connectivity index is 1.77. The van der Waals surface area contributed by atoms with Crippen LogP contribution in [0.2, 0.25) is 0 Å². The van der Waals surface area contributed by atoms with Gasteiger partial charge in [-0.2, -0.15) is 5.10 Å². The number of carbonyl (C=O) groups excluding carboxylic acids is 1. The Kier molecular flexibility index (Phi) is 6.68. The predicted molar refractivity (Wildman–Crippen MR) is 141 cm³/mol. The van der Waals surface area contributed by atoms with Gasteiger partial charge < -0.3 is 14.6 Å². The number of aromatic nitrogens is 5. The van der Waals surface area contributed by atoms with Gasteiger partial charge in [0.15, 0.2) is 5.82 Å². The highest BCUT2D eigenvalue weighted by molar-refractivity contribution is 5.89. The van der Waals surface area contributed by atoms with Crippen molar-refractivity contribution in [3.8, 4) is 22.6 Å². The number of pyridine rings is 1. The van der Waals surface area contributed by atoms with Crippen LogP contribution >= 0.6 is 0 Å². The zero-order valence-electron chi connectivity index (χ0n) is 22.0. The molecule has 0 bridgehead atoms. The van der Waals surface area contributed by atoms with Crippen molar-refractivity contribution in [2.24, 2.45) is 14.1 Å². The normalized spacial score (nSPS) is 12.4. The zero-order chi connectivity index (χ0) is 27.1. The molecular weight excluding hydrogens is 472 g/mol. The fraction of sp³-hybridized carbons (Fsp3) is 0.333. The predicted octanol–water partition coefficient (Wildman–Crippen LogP) is 3.65. The molecule has 0 aliphatic heterocycles. The Hall–Kier alpha value is -4.34. The minimum Gasteiger partial charge on any atom is -0.444 e. The number of rotatable bonds is 4. The molecule has 0 aliphatic carbocycles. The van der Waals surface area contributed by atoms with E-state index < -0.39 is 17.7 Å². The number of hydrogen-bond donors (Lipinski definition) is 1. The van der Waals surface area contributed by atoms with Crippen LogP contribution in [0, 0.1) is 6.92 Å². The largest absolute Gasteiger partial charge is 0.444 e. The molecule has 0 aliphatic rings. The van der Waals surface area contributed by atoms with E-state index >= 15 is 0 Å². The smallest absolute Gasteiger partial charge is 0.408 e. The average molecular weight is 503 g/mol. The molecule has 0 radical (unpaired) electrons. The molecule has 4 rings (SSSR count). The SMILES string of the molecule is Cc1cc(C(C)NC(=O)OC(C)(C)C)c2cc(-c3cnc(-c4cnn(C)c(=O)c4)nc3)n(C)c(=O)c2c1. The van der Waals surface area contributed by atoms with E-state index in [4.69, 9.17) is 4.74 Å². The lowest BCUT2D eigenvalue weighted by Crippen LogP contribution is -2.34. The molecule has 1 N–H and O–H groups in total. The van der Waals surface area contributed by atoms with Gasteiger partial charge in [0.25, 0.3) is 11.1 Å². The van der Waals surface area contributed by atoms with Crippen LogP contribution in [0.4, 0.5) is 4.79 Å². The molecule has 1 unspecified atom stereocenters. The summed E-state index contributed by atoms with van der Waals surface area (Å²) in [5, 5.41) is 8.14. The van der Waals surface area contributed by atoms with Gasteiger partial charge >= 0.3 is 6.09 Å². The van der Waals surface area contributed by atoms with Crippen LogP contribution in [-0.2, 0) is 18.8 Å². The first-order valence-electron chi connectivity index (χ1n) is 11.8. The first kappa shape index (κ1) is 25.7. The molecule has 3 heterocycles. The fourth-order valence-corrected chi connectivity index (χ4v) is 4.09. The Morgan fingerprint density at radius 1 is 0.973 bits per heavy atom. The van der Waals surface area contributed by atoms with Crippen LogP contribution in [-0.4, -0.2) is 36.0 Å². The van der Waals surface area contributed by atoms with Crippen LogP contribution in [0.25, 0.3) is 33.4 Å². The van der Waals surface area contributed by atoms with Crippen molar-refractivity contribution in [1.82, 2.24) is 29.6 Å². The Labute approximate surface area is 214 Å². The maximum absolute atomic E-state index is 13.4. The van der Waals surface area contributed by atoms with E-state index in [1.54, 1.807) is 51.8 Å². The molecule has 0 saturated heterocycles. The van der Waals surface area contributed by atoms with E-state index in [0.29, 0.717) is 33.4 Å². The molecular formula is C27H30N6O4. The number of aryl methyl sites for hydroxylation is 2. The molecule has 1 atom stereocenters. The molecule has 10 nitrogen and oxygen atoms in total. The van der Waals surface area contributed by atoms with E-state index in [-0.39, 0.29) is 11.1 Å². The summed E-state index contributed by atoms with van der Waals surface area (Å²) in [6.07, 6.45) is 4.20. The van der Waals surface area contributed by atoms with Crippen LogP contribution in [0.1, 0.15) is 44.9 Å². The summed E-state index contributed by atoms with van der Waals surface area (Å²) in [6, 6.07) is 6.70. The van der Waals surface area contributed by atoms with E-state index in [1.165, 1.54) is 16.9 Å². The first-order chi connectivity index (χ1) is 17.3. The van der Waals surface area contributed by atoms with Gasteiger partial charge in [0.05, 0.1) is 17.9 Å². The van der Waals surface area contributed by atoms with Gasteiger partial charge in [0, 0.05) is 49.1 Å². The first-order valence-corrected chi connectivity index (χ1v) is 11.8. The van der Waals surface area contributed by atoms with Gasteiger partial charge in [0.2, 0.25) is 0 Å². The summed E-state index contributed by atoms with van der Waals surface area (Å²) in [6.45, 7) is 9.17. The van der Waals surface area contributed by atoms with Crippen LogP contribution in [0.5, 0.6) is 0 Å². The topological polar surface area (TPSA) is 121 Å². The Morgan fingerprint density at radius 3 is 2.27 bits per heavy atom. The van der Waals surface area contributed by atoms with Crippen molar-refractivity contribution < 1.29 is 9.53 Å². The maximum atomic E-state index is 13.4. The van der Waals surface area contributed by atoms with Crippen molar-refractivity contribution in [3.63, 3.8) is 0 Å². The second-order valence-corrected chi connectivity index (χ2v) is 10.1. The standard InChI is InChI=1S/C27H30N6O4/c1-15-8-19(16(2)31-26(36)37-27(3,4)5)20-11-22(32(6)25(35)21(20)9-15)18-12-28-24(29-13-18)17-10-23(34)33(7)30-14-17/h8-14,16H,1-7H3,(H,31,36). The molecule has 192 valence electrons. The van der Waals surface area contributed by atoms with Gasteiger partial charge in [0.1, 0.15) is 5.60 Å². The third-order valence-electron chi connectivity index (χ3n) is 5.91. The third-order valence-corrected chi connectivity index (χ3v) is 5.91. The molecule has 4 aromatic rings. The summed E-state index contributed by atoms with van der Waals surface area (Å²) in [5.74, 6) is 0.353. The monoisotopic (exact) mass is 502 g/mol. The molecule has 10 heteroatoms. The highest BCUT2D eigenvalue weighted by atomic mass is 16.6. The molecule has 37 heavy (non-hydrogen) atoms.